The van der Waals surface area contributed by atoms with Gasteiger partial charge in [-0.25, -0.2) is 4.79 Å². The van der Waals surface area contributed by atoms with Crippen LogP contribution in [-0.4, -0.2) is 76.9 Å². The number of hydrogen-bond acceptors (Lipinski definition) is 5. The van der Waals surface area contributed by atoms with Crippen molar-refractivity contribution in [3.05, 3.63) is 0 Å². The van der Waals surface area contributed by atoms with Gasteiger partial charge in [-0.3, -0.25) is 4.79 Å². The molecule has 2 rings (SSSR count). The van der Waals surface area contributed by atoms with E-state index < -0.39 is 17.1 Å². The number of nitrogens with zero attached hydrogens (tertiary/aromatic N) is 2. The number of carbonyl (C=O) groups excluding carboxylic acids is 1. The fraction of sp³-hybridized carbons (Fsp3) is 0.889. The predicted molar refractivity (Wildman–Crippen MR) is 95.6 cm³/mol. The summed E-state index contributed by atoms with van der Waals surface area (Å²) in [4.78, 5) is 27.4. The highest BCUT2D eigenvalue weighted by Gasteiger charge is 2.48. The Labute approximate surface area is 150 Å². The molecule has 0 aromatic rings. The molecule has 25 heavy (non-hydrogen) atoms. The number of carboxylic acid groups (broad SMARTS) is 1. The molecule has 1 atom stereocenters. The second-order valence-electron chi connectivity index (χ2n) is 8.81. The van der Waals surface area contributed by atoms with E-state index in [-0.39, 0.29) is 12.5 Å². The van der Waals surface area contributed by atoms with E-state index in [0.29, 0.717) is 25.0 Å². The van der Waals surface area contributed by atoms with Crippen molar-refractivity contribution >= 4 is 12.1 Å². The van der Waals surface area contributed by atoms with Crippen molar-refractivity contribution in [3.63, 3.8) is 0 Å². The lowest BCUT2D eigenvalue weighted by Gasteiger charge is -2.50. The lowest BCUT2D eigenvalue weighted by Crippen LogP contribution is -2.71. The molecule has 0 aromatic heterocycles. The van der Waals surface area contributed by atoms with E-state index in [1.165, 1.54) is 0 Å². The summed E-state index contributed by atoms with van der Waals surface area (Å²) < 4.78 is 5.36. The molecule has 2 fully saturated rings. The molecule has 2 N–H and O–H groups in total. The molecule has 0 aromatic carbocycles. The van der Waals surface area contributed by atoms with Crippen LogP contribution < -0.4 is 5.32 Å². The number of carboxylic acids is 1. The second kappa shape index (κ2) is 7.50. The Bertz CT molecular complexity index is 495. The van der Waals surface area contributed by atoms with Crippen molar-refractivity contribution in [2.24, 2.45) is 5.92 Å². The summed E-state index contributed by atoms with van der Waals surface area (Å²) in [6.45, 7) is 13.6. The number of amides is 1. The van der Waals surface area contributed by atoms with E-state index >= 15 is 0 Å². The summed E-state index contributed by atoms with van der Waals surface area (Å²) in [7, 11) is 0. The SMILES string of the molecule is CC(C)N1CCC(CNC2(CC(=O)O)CN(C(=O)OC(C)(C)C)C2)C1. The third kappa shape index (κ3) is 5.57. The van der Waals surface area contributed by atoms with Crippen LogP contribution in [0.25, 0.3) is 0 Å². The van der Waals surface area contributed by atoms with Gasteiger partial charge in [-0.15, -0.1) is 0 Å². The van der Waals surface area contributed by atoms with E-state index in [4.69, 9.17) is 4.74 Å². The second-order valence-corrected chi connectivity index (χ2v) is 8.81. The molecule has 2 heterocycles. The zero-order valence-electron chi connectivity index (χ0n) is 16.2. The lowest BCUT2D eigenvalue weighted by molar-refractivity contribution is -0.141. The fourth-order valence-electron chi connectivity index (χ4n) is 3.57. The molecule has 0 bridgehead atoms. The van der Waals surface area contributed by atoms with Gasteiger partial charge in [0.2, 0.25) is 0 Å². The molecule has 2 aliphatic heterocycles. The first-order valence-corrected chi connectivity index (χ1v) is 9.18. The summed E-state index contributed by atoms with van der Waals surface area (Å²) in [5.41, 5.74) is -1.08. The van der Waals surface area contributed by atoms with Gasteiger partial charge in [0, 0.05) is 25.7 Å². The van der Waals surface area contributed by atoms with E-state index in [1.807, 2.05) is 20.8 Å². The van der Waals surface area contributed by atoms with Gasteiger partial charge in [0.1, 0.15) is 5.60 Å². The fourth-order valence-corrected chi connectivity index (χ4v) is 3.57. The van der Waals surface area contributed by atoms with Crippen molar-refractivity contribution in [2.45, 2.75) is 64.6 Å². The van der Waals surface area contributed by atoms with Crippen LogP contribution in [0.3, 0.4) is 0 Å². The predicted octanol–water partition coefficient (Wildman–Crippen LogP) is 1.77. The molecule has 1 unspecified atom stereocenters. The first kappa shape index (κ1) is 20.0. The normalized spacial score (nSPS) is 23.6. The quantitative estimate of drug-likeness (QED) is 0.756. The third-order valence-corrected chi connectivity index (χ3v) is 4.94. The number of rotatable bonds is 6. The first-order valence-electron chi connectivity index (χ1n) is 9.18. The van der Waals surface area contributed by atoms with Gasteiger partial charge in [-0.2, -0.15) is 0 Å². The van der Waals surface area contributed by atoms with E-state index in [1.54, 1.807) is 4.90 Å². The number of aliphatic carboxylic acids is 1. The zero-order valence-corrected chi connectivity index (χ0v) is 16.2. The van der Waals surface area contributed by atoms with Crippen LogP contribution in [0.2, 0.25) is 0 Å². The van der Waals surface area contributed by atoms with Gasteiger partial charge in [-0.05, 0) is 60.0 Å². The molecular weight excluding hydrogens is 322 g/mol. The number of carbonyl (C=O) groups is 2. The average molecular weight is 355 g/mol. The molecule has 2 aliphatic rings. The Hall–Kier alpha value is -1.34. The molecule has 144 valence electrons. The summed E-state index contributed by atoms with van der Waals surface area (Å²) in [6, 6.07) is 0.546. The molecule has 0 saturated carbocycles. The Morgan fingerprint density at radius 2 is 1.96 bits per heavy atom. The Morgan fingerprint density at radius 3 is 2.44 bits per heavy atom. The van der Waals surface area contributed by atoms with Crippen molar-refractivity contribution in [2.75, 3.05) is 32.7 Å². The molecule has 0 spiro atoms. The monoisotopic (exact) mass is 355 g/mol. The van der Waals surface area contributed by atoms with Gasteiger partial charge in [0.05, 0.1) is 12.0 Å². The smallest absolute Gasteiger partial charge is 0.410 e. The molecule has 7 heteroatoms. The minimum absolute atomic E-state index is 0.0207. The lowest BCUT2D eigenvalue weighted by atomic mass is 9.86. The van der Waals surface area contributed by atoms with E-state index in [2.05, 4.69) is 24.1 Å². The summed E-state index contributed by atoms with van der Waals surface area (Å²) in [5, 5.41) is 12.7. The van der Waals surface area contributed by atoms with Crippen LogP contribution in [0.5, 0.6) is 0 Å². The molecule has 7 nitrogen and oxygen atoms in total. The first-order chi connectivity index (χ1) is 11.5. The maximum atomic E-state index is 12.1. The highest BCUT2D eigenvalue weighted by Crippen LogP contribution is 2.28. The van der Waals surface area contributed by atoms with Gasteiger partial charge in [0.15, 0.2) is 0 Å². The number of nitrogens with one attached hydrogen (secondary N) is 1. The van der Waals surface area contributed by atoms with Crippen molar-refractivity contribution in [1.29, 1.82) is 0 Å². The van der Waals surface area contributed by atoms with E-state index in [9.17, 15) is 14.7 Å². The van der Waals surface area contributed by atoms with Crippen molar-refractivity contribution in [1.82, 2.24) is 15.1 Å². The zero-order chi connectivity index (χ0) is 18.8. The Kier molecular flexibility index (Phi) is 5.99. The maximum absolute atomic E-state index is 12.1. The van der Waals surface area contributed by atoms with Crippen molar-refractivity contribution < 1.29 is 19.4 Å². The van der Waals surface area contributed by atoms with Gasteiger partial charge in [-0.1, -0.05) is 0 Å². The number of ether oxygens (including phenoxy) is 1. The van der Waals surface area contributed by atoms with Crippen LogP contribution in [-0.2, 0) is 9.53 Å². The van der Waals surface area contributed by atoms with Crippen LogP contribution in [0, 0.1) is 5.92 Å². The van der Waals surface area contributed by atoms with Crippen LogP contribution in [0.4, 0.5) is 4.79 Å². The minimum atomic E-state index is -0.841. The molecule has 0 radical (unpaired) electrons. The maximum Gasteiger partial charge on any atom is 0.410 e. The standard InChI is InChI=1S/C18H33N3O4/c1-13(2)20-7-6-14(10-20)9-19-18(8-15(22)23)11-21(12-18)16(24)25-17(3,4)5/h13-14,19H,6-12H2,1-5H3,(H,22,23). The largest absolute Gasteiger partial charge is 0.481 e. The highest BCUT2D eigenvalue weighted by atomic mass is 16.6. The van der Waals surface area contributed by atoms with Crippen LogP contribution in [0.15, 0.2) is 0 Å². The van der Waals surface area contributed by atoms with Crippen LogP contribution in [0.1, 0.15) is 47.5 Å². The van der Waals surface area contributed by atoms with Gasteiger partial charge < -0.3 is 25.0 Å². The molecule has 2 saturated heterocycles. The Morgan fingerprint density at radius 1 is 1.32 bits per heavy atom. The third-order valence-electron chi connectivity index (χ3n) is 4.94. The molecular formula is C18H33N3O4. The molecule has 0 aliphatic carbocycles. The summed E-state index contributed by atoms with van der Waals surface area (Å²) >= 11 is 0. The van der Waals surface area contributed by atoms with Crippen molar-refractivity contribution in [3.8, 4) is 0 Å². The van der Waals surface area contributed by atoms with Gasteiger partial charge >= 0.3 is 12.1 Å². The minimum Gasteiger partial charge on any atom is -0.481 e. The number of hydrogen-bond donors (Lipinski definition) is 2. The topological polar surface area (TPSA) is 82.1 Å². The summed E-state index contributed by atoms with van der Waals surface area (Å²) in [5.74, 6) is -0.310. The highest BCUT2D eigenvalue weighted by molar-refractivity contribution is 5.73. The van der Waals surface area contributed by atoms with E-state index in [0.717, 1.165) is 26.1 Å². The van der Waals surface area contributed by atoms with Crippen LogP contribution >= 0.6 is 0 Å². The van der Waals surface area contributed by atoms with Gasteiger partial charge in [0.25, 0.3) is 0 Å². The average Bonchev–Trinajstić information content (AvgIpc) is 2.87. The number of likely N-dealkylation sites (tertiary alicyclic amines) is 2. The Balaban J connectivity index is 1.86. The summed E-state index contributed by atoms with van der Waals surface area (Å²) in [6.07, 6.45) is 0.777. The molecule has 1 amide bonds.